The fourth-order valence-corrected chi connectivity index (χ4v) is 2.97. The van der Waals surface area contributed by atoms with Crippen LogP contribution in [0, 0.1) is 5.82 Å². The molecule has 4 nitrogen and oxygen atoms in total. The zero-order valence-corrected chi connectivity index (χ0v) is 17.0. The van der Waals surface area contributed by atoms with Crippen molar-refractivity contribution < 1.29 is 18.3 Å². The number of rotatable bonds is 7. The first-order valence-corrected chi connectivity index (χ1v) is 9.59. The molecular weight excluding hydrogens is 369 g/mol. The Balaban J connectivity index is 1.67. The van der Waals surface area contributed by atoms with E-state index in [-0.39, 0.29) is 36.8 Å². The Labute approximate surface area is 170 Å². The molecule has 29 heavy (non-hydrogen) atoms. The van der Waals surface area contributed by atoms with Crippen LogP contribution in [0.4, 0.5) is 4.39 Å². The maximum atomic E-state index is 13.5. The van der Waals surface area contributed by atoms with E-state index in [1.165, 1.54) is 17.7 Å². The van der Waals surface area contributed by atoms with Crippen LogP contribution in [0.1, 0.15) is 37.7 Å². The summed E-state index contributed by atoms with van der Waals surface area (Å²) in [6.45, 7) is 6.88. The Morgan fingerprint density at radius 1 is 1.03 bits per heavy atom. The van der Waals surface area contributed by atoms with Crippen molar-refractivity contribution >= 4 is 5.91 Å². The van der Waals surface area contributed by atoms with Crippen molar-refractivity contribution in [2.75, 3.05) is 6.61 Å². The van der Waals surface area contributed by atoms with Crippen molar-refractivity contribution in [2.45, 2.75) is 39.3 Å². The van der Waals surface area contributed by atoms with Crippen LogP contribution >= 0.6 is 0 Å². The molecule has 1 amide bonds. The van der Waals surface area contributed by atoms with E-state index in [2.05, 4.69) is 20.8 Å². The summed E-state index contributed by atoms with van der Waals surface area (Å²) in [6.07, 6.45) is 1.56. The lowest BCUT2D eigenvalue weighted by Gasteiger charge is -2.22. The zero-order valence-electron chi connectivity index (χ0n) is 17.0. The summed E-state index contributed by atoms with van der Waals surface area (Å²) < 4.78 is 24.6. The number of halogens is 1. The fourth-order valence-electron chi connectivity index (χ4n) is 2.97. The highest BCUT2D eigenvalue weighted by Gasteiger charge is 2.18. The molecule has 0 aliphatic rings. The summed E-state index contributed by atoms with van der Waals surface area (Å²) in [5, 5.41) is 0. The lowest BCUT2D eigenvalue weighted by molar-refractivity contribution is -0.134. The maximum absolute atomic E-state index is 13.5. The first-order valence-electron chi connectivity index (χ1n) is 9.59. The summed E-state index contributed by atoms with van der Waals surface area (Å²) >= 11 is 0. The largest absolute Gasteiger partial charge is 0.484 e. The van der Waals surface area contributed by atoms with Gasteiger partial charge in [-0.15, -0.1) is 0 Å². The van der Waals surface area contributed by atoms with E-state index in [9.17, 15) is 9.18 Å². The van der Waals surface area contributed by atoms with E-state index in [1.54, 1.807) is 35.4 Å². The molecule has 0 spiro atoms. The highest BCUT2D eigenvalue weighted by atomic mass is 19.1. The lowest BCUT2D eigenvalue weighted by atomic mass is 9.87. The fraction of sp³-hybridized carbons (Fsp3) is 0.292. The highest BCUT2D eigenvalue weighted by Crippen LogP contribution is 2.24. The molecule has 0 aliphatic heterocycles. The minimum Gasteiger partial charge on any atom is -0.484 e. The van der Waals surface area contributed by atoms with Gasteiger partial charge in [-0.1, -0.05) is 45.0 Å². The molecule has 0 fully saturated rings. The molecule has 0 radical (unpaired) electrons. The number of carbonyl (C=O) groups excluding carboxylic acids is 1. The summed E-state index contributed by atoms with van der Waals surface area (Å²) in [6, 6.07) is 17.6. The Morgan fingerprint density at radius 2 is 1.79 bits per heavy atom. The lowest BCUT2D eigenvalue weighted by Crippen LogP contribution is -2.34. The van der Waals surface area contributed by atoms with Crippen molar-refractivity contribution in [3.05, 3.63) is 89.6 Å². The minimum absolute atomic E-state index is 0.0547. The van der Waals surface area contributed by atoms with Crippen molar-refractivity contribution in [2.24, 2.45) is 0 Å². The summed E-state index contributed by atoms with van der Waals surface area (Å²) in [5.74, 6) is 0.757. The van der Waals surface area contributed by atoms with Crippen LogP contribution < -0.4 is 4.74 Å². The molecule has 0 N–H and O–H groups in total. The van der Waals surface area contributed by atoms with Gasteiger partial charge in [0, 0.05) is 6.54 Å². The summed E-state index contributed by atoms with van der Waals surface area (Å²) in [4.78, 5) is 14.4. The van der Waals surface area contributed by atoms with Crippen molar-refractivity contribution in [1.82, 2.24) is 4.90 Å². The topological polar surface area (TPSA) is 42.7 Å². The average Bonchev–Trinajstić information content (AvgIpc) is 3.18. The number of hydrogen-bond acceptors (Lipinski definition) is 3. The number of amides is 1. The first-order chi connectivity index (χ1) is 13.8. The molecule has 5 heteroatoms. The number of ether oxygens (including phenoxy) is 1. The molecule has 0 saturated heterocycles. The van der Waals surface area contributed by atoms with Gasteiger partial charge in [0.2, 0.25) is 0 Å². The Kier molecular flexibility index (Phi) is 6.37. The molecule has 0 bridgehead atoms. The predicted molar refractivity (Wildman–Crippen MR) is 110 cm³/mol. The van der Waals surface area contributed by atoms with Gasteiger partial charge in [0.15, 0.2) is 6.61 Å². The molecule has 1 heterocycles. The SMILES string of the molecule is CC(C)(C)c1ccc(OCC(=O)N(Cc2cccc(F)c2)Cc2ccco2)cc1. The molecule has 0 unspecified atom stereocenters. The van der Waals surface area contributed by atoms with Gasteiger partial charge in [-0.3, -0.25) is 4.79 Å². The third kappa shape index (κ3) is 5.95. The van der Waals surface area contributed by atoms with Gasteiger partial charge in [-0.25, -0.2) is 4.39 Å². The number of nitrogens with zero attached hydrogens (tertiary/aromatic N) is 1. The van der Waals surface area contributed by atoms with Gasteiger partial charge in [0.1, 0.15) is 17.3 Å². The first kappa shape index (κ1) is 20.6. The maximum Gasteiger partial charge on any atom is 0.261 e. The Morgan fingerprint density at radius 3 is 2.41 bits per heavy atom. The van der Waals surface area contributed by atoms with Crippen molar-refractivity contribution in [1.29, 1.82) is 0 Å². The quantitative estimate of drug-likeness (QED) is 0.543. The van der Waals surface area contributed by atoms with E-state index in [0.29, 0.717) is 17.1 Å². The zero-order chi connectivity index (χ0) is 20.9. The molecule has 3 aromatic rings. The third-order valence-electron chi connectivity index (χ3n) is 4.62. The second-order valence-electron chi connectivity index (χ2n) is 8.02. The van der Waals surface area contributed by atoms with Crippen LogP contribution in [-0.2, 0) is 23.3 Å². The molecule has 0 aliphatic carbocycles. The Bertz CT molecular complexity index is 928. The van der Waals surface area contributed by atoms with Crippen LogP contribution in [0.3, 0.4) is 0 Å². The highest BCUT2D eigenvalue weighted by molar-refractivity contribution is 5.77. The number of hydrogen-bond donors (Lipinski definition) is 0. The minimum atomic E-state index is -0.330. The second-order valence-corrected chi connectivity index (χ2v) is 8.02. The normalized spacial score (nSPS) is 11.3. The third-order valence-corrected chi connectivity index (χ3v) is 4.62. The predicted octanol–water partition coefficient (Wildman–Crippen LogP) is 5.32. The smallest absolute Gasteiger partial charge is 0.261 e. The molecule has 2 aromatic carbocycles. The number of benzene rings is 2. The van der Waals surface area contributed by atoms with Crippen LogP contribution in [0.2, 0.25) is 0 Å². The van der Waals surface area contributed by atoms with Crippen molar-refractivity contribution in [3.63, 3.8) is 0 Å². The van der Waals surface area contributed by atoms with Gasteiger partial charge in [0.25, 0.3) is 5.91 Å². The van der Waals surface area contributed by atoms with E-state index in [4.69, 9.17) is 9.15 Å². The summed E-state index contributed by atoms with van der Waals surface area (Å²) in [5.41, 5.74) is 1.96. The average molecular weight is 395 g/mol. The molecule has 3 rings (SSSR count). The number of furan rings is 1. The standard InChI is InChI=1S/C24H26FNO3/c1-24(2,3)19-9-11-21(12-10-19)29-17-23(27)26(16-22-8-5-13-28-22)15-18-6-4-7-20(25)14-18/h4-14H,15-17H2,1-3H3. The molecule has 0 saturated carbocycles. The van der Waals surface area contributed by atoms with Gasteiger partial charge in [0.05, 0.1) is 12.8 Å². The van der Waals surface area contributed by atoms with Gasteiger partial charge in [-0.05, 0) is 52.9 Å². The molecule has 1 aromatic heterocycles. The van der Waals surface area contributed by atoms with Gasteiger partial charge >= 0.3 is 0 Å². The summed E-state index contributed by atoms with van der Waals surface area (Å²) in [7, 11) is 0. The van der Waals surface area contributed by atoms with E-state index in [1.807, 2.05) is 24.3 Å². The molecule has 152 valence electrons. The monoisotopic (exact) mass is 395 g/mol. The van der Waals surface area contributed by atoms with Crippen molar-refractivity contribution in [3.8, 4) is 5.75 Å². The van der Waals surface area contributed by atoms with Crippen LogP contribution in [-0.4, -0.2) is 17.4 Å². The van der Waals surface area contributed by atoms with Gasteiger partial charge < -0.3 is 14.1 Å². The van der Waals surface area contributed by atoms with Crippen LogP contribution in [0.25, 0.3) is 0 Å². The molecule has 0 atom stereocenters. The van der Waals surface area contributed by atoms with E-state index < -0.39 is 0 Å². The molecular formula is C24H26FNO3. The van der Waals surface area contributed by atoms with Crippen LogP contribution in [0.15, 0.2) is 71.3 Å². The number of carbonyl (C=O) groups is 1. The second kappa shape index (κ2) is 8.95. The van der Waals surface area contributed by atoms with Gasteiger partial charge in [-0.2, -0.15) is 0 Å². The van der Waals surface area contributed by atoms with Crippen LogP contribution in [0.5, 0.6) is 5.75 Å². The van der Waals surface area contributed by atoms with E-state index in [0.717, 1.165) is 0 Å². The van der Waals surface area contributed by atoms with E-state index >= 15 is 0 Å². The Hall–Kier alpha value is -3.08.